The molecular weight excluding hydrogens is 466 g/mol. The van der Waals surface area contributed by atoms with Gasteiger partial charge in [0.2, 0.25) is 5.91 Å². The third kappa shape index (κ3) is 7.65. The number of carbonyl (C=O) groups is 2. The Morgan fingerprint density at radius 1 is 0.919 bits per heavy atom. The minimum atomic E-state index is -0.449. The number of anilines is 2. The molecule has 3 aromatic carbocycles. The standard InChI is InChI=1S/C30H35N3O4/c1-33(2)18-16-26(17-19-33)37-30(36)32-28-20-22(10-14-27(28)24-6-4-3-5-7-24)11-15-29(35)31-25-12-8-23(21-34)9-13-25/h3-10,12-14,20,26,34H,11,15-19,21H2,1-2H3,(H-,31,32,35,36)/p+1. The first-order valence-electron chi connectivity index (χ1n) is 12.8. The number of nitrogens with zero attached hydrogens (tertiary/aromatic N) is 1. The Balaban J connectivity index is 1.42. The van der Waals surface area contributed by atoms with Crippen LogP contribution in [0.25, 0.3) is 11.1 Å². The number of hydrogen-bond acceptors (Lipinski definition) is 4. The number of hydrogen-bond donors (Lipinski definition) is 3. The van der Waals surface area contributed by atoms with E-state index in [1.807, 2.05) is 48.5 Å². The van der Waals surface area contributed by atoms with Gasteiger partial charge in [-0.15, -0.1) is 0 Å². The Labute approximate surface area is 218 Å². The maximum Gasteiger partial charge on any atom is 0.411 e. The maximum absolute atomic E-state index is 12.8. The molecule has 7 nitrogen and oxygen atoms in total. The molecule has 3 N–H and O–H groups in total. The molecular formula is C30H36N3O4+. The lowest BCUT2D eigenvalue weighted by atomic mass is 9.99. The van der Waals surface area contributed by atoms with Gasteiger partial charge in [0.15, 0.2) is 0 Å². The third-order valence-corrected chi connectivity index (χ3v) is 6.85. The van der Waals surface area contributed by atoms with Crippen molar-refractivity contribution in [1.82, 2.24) is 0 Å². The molecule has 3 aromatic rings. The summed E-state index contributed by atoms with van der Waals surface area (Å²) >= 11 is 0. The van der Waals surface area contributed by atoms with Gasteiger partial charge in [0.05, 0.1) is 39.5 Å². The maximum atomic E-state index is 12.8. The molecule has 1 fully saturated rings. The molecule has 4 rings (SSSR count). The van der Waals surface area contributed by atoms with Gasteiger partial charge in [-0.25, -0.2) is 4.79 Å². The van der Waals surface area contributed by atoms with Crippen molar-refractivity contribution in [3.05, 3.63) is 83.9 Å². The van der Waals surface area contributed by atoms with Crippen LogP contribution in [0.4, 0.5) is 16.2 Å². The first kappa shape index (κ1) is 26.4. The number of nitrogens with one attached hydrogen (secondary N) is 2. The molecule has 1 aliphatic rings. The summed E-state index contributed by atoms with van der Waals surface area (Å²) in [5, 5.41) is 15.0. The SMILES string of the molecule is C[N+]1(C)CCC(OC(=O)Nc2cc(CCC(=O)Nc3ccc(CO)cc3)ccc2-c2ccccc2)CC1. The van der Waals surface area contributed by atoms with Crippen molar-refractivity contribution >= 4 is 23.4 Å². The van der Waals surface area contributed by atoms with Gasteiger partial charge in [-0.05, 0) is 41.3 Å². The highest BCUT2D eigenvalue weighted by Crippen LogP contribution is 2.30. The second-order valence-corrected chi connectivity index (χ2v) is 10.3. The van der Waals surface area contributed by atoms with Crippen LogP contribution in [0.5, 0.6) is 0 Å². The minimum absolute atomic E-state index is 0.0325. The second-order valence-electron chi connectivity index (χ2n) is 10.3. The van der Waals surface area contributed by atoms with Gasteiger partial charge in [-0.1, -0.05) is 54.6 Å². The molecule has 194 valence electrons. The smallest absolute Gasteiger partial charge is 0.411 e. The van der Waals surface area contributed by atoms with Crippen molar-refractivity contribution in [2.24, 2.45) is 0 Å². The van der Waals surface area contributed by atoms with E-state index < -0.39 is 6.09 Å². The number of likely N-dealkylation sites (tertiary alicyclic amines) is 1. The number of aliphatic hydroxyl groups excluding tert-OH is 1. The van der Waals surface area contributed by atoms with Gasteiger partial charge in [-0.3, -0.25) is 10.1 Å². The lowest BCUT2D eigenvalue weighted by molar-refractivity contribution is -0.896. The first-order chi connectivity index (χ1) is 17.8. The molecule has 0 unspecified atom stereocenters. The predicted octanol–water partition coefficient (Wildman–Crippen LogP) is 5.20. The molecule has 0 spiro atoms. The van der Waals surface area contributed by atoms with E-state index in [2.05, 4.69) is 24.7 Å². The molecule has 1 heterocycles. The molecule has 0 aliphatic carbocycles. The van der Waals surface area contributed by atoms with E-state index in [0.29, 0.717) is 24.2 Å². The fourth-order valence-electron chi connectivity index (χ4n) is 4.55. The highest BCUT2D eigenvalue weighted by molar-refractivity contribution is 5.92. The molecule has 0 radical (unpaired) electrons. The number of carbonyl (C=O) groups excluding carboxylic acids is 2. The summed E-state index contributed by atoms with van der Waals surface area (Å²) in [7, 11) is 4.39. The third-order valence-electron chi connectivity index (χ3n) is 6.85. The van der Waals surface area contributed by atoms with Crippen molar-refractivity contribution in [3.63, 3.8) is 0 Å². The molecule has 1 aliphatic heterocycles. The molecule has 37 heavy (non-hydrogen) atoms. The number of amides is 2. The van der Waals surface area contributed by atoms with E-state index >= 15 is 0 Å². The number of aliphatic hydroxyl groups is 1. The zero-order chi connectivity index (χ0) is 26.3. The van der Waals surface area contributed by atoms with Gasteiger partial charge in [0.1, 0.15) is 6.10 Å². The van der Waals surface area contributed by atoms with Crippen molar-refractivity contribution in [2.45, 2.75) is 38.4 Å². The summed E-state index contributed by atoms with van der Waals surface area (Å²) in [5.41, 5.74) is 4.98. The van der Waals surface area contributed by atoms with Gasteiger partial charge in [0.25, 0.3) is 0 Å². The quantitative estimate of drug-likeness (QED) is 0.369. The van der Waals surface area contributed by atoms with Crippen LogP contribution in [-0.4, -0.2) is 54.9 Å². The summed E-state index contributed by atoms with van der Waals surface area (Å²) in [6, 6.07) is 22.9. The van der Waals surface area contributed by atoms with Crippen molar-refractivity contribution in [3.8, 4) is 11.1 Å². The number of rotatable bonds is 8. The van der Waals surface area contributed by atoms with Crippen LogP contribution < -0.4 is 10.6 Å². The molecule has 0 bridgehead atoms. The molecule has 7 heteroatoms. The minimum Gasteiger partial charge on any atom is -0.446 e. The van der Waals surface area contributed by atoms with Crippen molar-refractivity contribution in [1.29, 1.82) is 0 Å². The van der Waals surface area contributed by atoms with E-state index in [0.717, 1.165) is 52.7 Å². The molecule has 0 saturated carbocycles. The van der Waals surface area contributed by atoms with E-state index in [4.69, 9.17) is 9.84 Å². The van der Waals surface area contributed by atoms with Gasteiger partial charge >= 0.3 is 6.09 Å². The zero-order valence-electron chi connectivity index (χ0n) is 21.6. The van der Waals surface area contributed by atoms with Crippen molar-refractivity contribution < 1.29 is 23.9 Å². The monoisotopic (exact) mass is 502 g/mol. The van der Waals surface area contributed by atoms with Crippen LogP contribution in [0.2, 0.25) is 0 Å². The van der Waals surface area contributed by atoms with Crippen LogP contribution in [-0.2, 0) is 22.6 Å². The largest absolute Gasteiger partial charge is 0.446 e. The Kier molecular flexibility index (Phi) is 8.58. The number of benzene rings is 3. The second kappa shape index (κ2) is 12.0. The Bertz CT molecular complexity index is 1200. The van der Waals surface area contributed by atoms with E-state index in [1.165, 1.54) is 0 Å². The highest BCUT2D eigenvalue weighted by atomic mass is 16.6. The summed E-state index contributed by atoms with van der Waals surface area (Å²) in [6.07, 6.45) is 2.00. The van der Waals surface area contributed by atoms with E-state index in [9.17, 15) is 9.59 Å². The van der Waals surface area contributed by atoms with Crippen molar-refractivity contribution in [2.75, 3.05) is 37.8 Å². The highest BCUT2D eigenvalue weighted by Gasteiger charge is 2.28. The summed E-state index contributed by atoms with van der Waals surface area (Å²) in [5.74, 6) is -0.101. The van der Waals surface area contributed by atoms with Crippen LogP contribution in [0.1, 0.15) is 30.4 Å². The summed E-state index contributed by atoms with van der Waals surface area (Å²) < 4.78 is 6.71. The fourth-order valence-corrected chi connectivity index (χ4v) is 4.55. The van der Waals surface area contributed by atoms with Crippen LogP contribution >= 0.6 is 0 Å². The number of aryl methyl sites for hydroxylation is 1. The lowest BCUT2D eigenvalue weighted by Crippen LogP contribution is -2.48. The Hall–Kier alpha value is -3.68. The molecule has 0 atom stereocenters. The molecule has 0 aromatic heterocycles. The van der Waals surface area contributed by atoms with Crippen LogP contribution in [0, 0.1) is 0 Å². The van der Waals surface area contributed by atoms with Crippen LogP contribution in [0.15, 0.2) is 72.8 Å². The molecule has 1 saturated heterocycles. The van der Waals surface area contributed by atoms with Gasteiger partial charge < -0.3 is 19.6 Å². The topological polar surface area (TPSA) is 87.7 Å². The first-order valence-corrected chi connectivity index (χ1v) is 12.8. The average molecular weight is 503 g/mol. The van der Waals surface area contributed by atoms with Crippen LogP contribution in [0.3, 0.4) is 0 Å². The summed E-state index contributed by atoms with van der Waals surface area (Å²) in [6.45, 7) is 1.93. The predicted molar refractivity (Wildman–Crippen MR) is 146 cm³/mol. The fraction of sp³-hybridized carbons (Fsp3) is 0.333. The number of ether oxygens (including phenoxy) is 1. The van der Waals surface area contributed by atoms with Gasteiger partial charge in [0, 0.05) is 30.5 Å². The number of piperidine rings is 1. The van der Waals surface area contributed by atoms with E-state index in [-0.39, 0.29) is 18.6 Å². The van der Waals surface area contributed by atoms with Gasteiger partial charge in [-0.2, -0.15) is 0 Å². The van der Waals surface area contributed by atoms with E-state index in [1.54, 1.807) is 24.3 Å². The average Bonchev–Trinajstić information content (AvgIpc) is 2.90. The Morgan fingerprint density at radius 2 is 1.59 bits per heavy atom. The normalized spacial score (nSPS) is 15.1. The lowest BCUT2D eigenvalue weighted by Gasteiger charge is -2.36. The zero-order valence-corrected chi connectivity index (χ0v) is 21.6. The summed E-state index contributed by atoms with van der Waals surface area (Å²) in [4.78, 5) is 25.3. The Morgan fingerprint density at radius 3 is 2.27 bits per heavy atom. The molecule has 2 amide bonds. The number of quaternary nitrogens is 1.